The van der Waals surface area contributed by atoms with Gasteiger partial charge in [-0.15, -0.1) is 0 Å². The lowest BCUT2D eigenvalue weighted by atomic mass is 10.0. The van der Waals surface area contributed by atoms with E-state index in [9.17, 15) is 9.18 Å². The average molecular weight is 367 g/mol. The molecule has 2 aromatic rings. The number of hydrogen-bond acceptors (Lipinski definition) is 3. The van der Waals surface area contributed by atoms with E-state index in [1.165, 1.54) is 23.3 Å². The number of piperazine rings is 1. The summed E-state index contributed by atoms with van der Waals surface area (Å²) in [5.41, 5.74) is 3.48. The zero-order valence-electron chi connectivity index (χ0n) is 15.7. The van der Waals surface area contributed by atoms with Crippen molar-refractivity contribution < 1.29 is 9.18 Å². The van der Waals surface area contributed by atoms with Crippen molar-refractivity contribution in [2.75, 3.05) is 31.1 Å². The molecule has 0 unspecified atom stereocenters. The number of amides is 1. The van der Waals surface area contributed by atoms with Gasteiger partial charge < -0.3 is 10.2 Å². The highest BCUT2D eigenvalue weighted by Gasteiger charge is 2.44. The van der Waals surface area contributed by atoms with Crippen molar-refractivity contribution in [3.8, 4) is 0 Å². The number of carbonyl (C=O) groups is 1. The molecule has 1 N–H and O–H groups in total. The van der Waals surface area contributed by atoms with Crippen LogP contribution in [0.3, 0.4) is 0 Å². The fraction of sp³-hybridized carbons (Fsp3) is 0.409. The summed E-state index contributed by atoms with van der Waals surface area (Å²) in [4.78, 5) is 16.2. The molecule has 1 heterocycles. The summed E-state index contributed by atoms with van der Waals surface area (Å²) in [6.07, 6.45) is 2.05. The van der Waals surface area contributed by atoms with Crippen LogP contribution in [-0.4, -0.2) is 37.0 Å². The number of halogens is 1. The molecular formula is C22H26FN3O. The summed E-state index contributed by atoms with van der Waals surface area (Å²) in [7, 11) is 0. The topological polar surface area (TPSA) is 35.6 Å². The van der Waals surface area contributed by atoms with Crippen molar-refractivity contribution in [2.24, 2.45) is 0 Å². The van der Waals surface area contributed by atoms with Crippen molar-refractivity contribution >= 4 is 11.6 Å². The van der Waals surface area contributed by atoms with Crippen LogP contribution in [0.1, 0.15) is 30.9 Å². The van der Waals surface area contributed by atoms with E-state index in [0.29, 0.717) is 0 Å². The van der Waals surface area contributed by atoms with Crippen LogP contribution in [0, 0.1) is 5.82 Å². The molecule has 1 saturated carbocycles. The Kier molecular flexibility index (Phi) is 4.87. The van der Waals surface area contributed by atoms with Gasteiger partial charge in [-0.1, -0.05) is 24.3 Å². The lowest BCUT2D eigenvalue weighted by Crippen LogP contribution is -2.45. The maximum Gasteiger partial charge on any atom is 0.217 e. The molecule has 1 aliphatic heterocycles. The largest absolute Gasteiger partial charge is 0.369 e. The van der Waals surface area contributed by atoms with E-state index in [1.54, 1.807) is 6.92 Å². The molecule has 27 heavy (non-hydrogen) atoms. The van der Waals surface area contributed by atoms with Gasteiger partial charge in [-0.2, -0.15) is 0 Å². The molecule has 2 aliphatic rings. The van der Waals surface area contributed by atoms with E-state index in [0.717, 1.165) is 51.3 Å². The fourth-order valence-electron chi connectivity index (χ4n) is 3.95. The van der Waals surface area contributed by atoms with Crippen LogP contribution in [0.2, 0.25) is 0 Å². The monoisotopic (exact) mass is 367 g/mol. The van der Waals surface area contributed by atoms with Crippen LogP contribution < -0.4 is 10.2 Å². The zero-order valence-corrected chi connectivity index (χ0v) is 15.7. The van der Waals surface area contributed by atoms with Gasteiger partial charge in [0.1, 0.15) is 5.82 Å². The first kappa shape index (κ1) is 18.0. The Morgan fingerprint density at radius 1 is 1.00 bits per heavy atom. The number of nitrogens with one attached hydrogen (secondary N) is 1. The summed E-state index contributed by atoms with van der Waals surface area (Å²) < 4.78 is 13.1. The van der Waals surface area contributed by atoms with E-state index >= 15 is 0 Å². The Balaban J connectivity index is 1.31. The molecule has 0 radical (unpaired) electrons. The Morgan fingerprint density at radius 3 is 2.19 bits per heavy atom. The maximum atomic E-state index is 13.1. The minimum absolute atomic E-state index is 0.0376. The first-order valence-electron chi connectivity index (χ1n) is 9.65. The molecule has 1 saturated heterocycles. The third-order valence-electron chi connectivity index (χ3n) is 5.64. The van der Waals surface area contributed by atoms with Crippen LogP contribution >= 0.6 is 0 Å². The number of hydrogen-bond donors (Lipinski definition) is 1. The molecule has 0 aromatic heterocycles. The SMILES string of the molecule is CC(=O)NC1(c2ccc(CN3CCN(c4ccc(F)cc4)CC3)cc2)CC1. The van der Waals surface area contributed by atoms with Crippen molar-refractivity contribution in [1.82, 2.24) is 10.2 Å². The van der Waals surface area contributed by atoms with Gasteiger partial charge in [-0.3, -0.25) is 9.69 Å². The molecule has 0 bridgehead atoms. The summed E-state index contributed by atoms with van der Waals surface area (Å²) in [6, 6.07) is 15.4. The standard InChI is InChI=1S/C22H26FN3O/c1-17(27)24-22(10-11-22)19-4-2-18(3-5-19)16-25-12-14-26(15-13-25)21-8-6-20(23)7-9-21/h2-9H,10-16H2,1H3,(H,24,27). The highest BCUT2D eigenvalue weighted by Crippen LogP contribution is 2.45. The van der Waals surface area contributed by atoms with Crippen LogP contribution in [0.5, 0.6) is 0 Å². The number of anilines is 1. The highest BCUT2D eigenvalue weighted by molar-refractivity contribution is 5.74. The number of benzene rings is 2. The van der Waals surface area contributed by atoms with Gasteiger partial charge in [0.2, 0.25) is 5.91 Å². The van der Waals surface area contributed by atoms with E-state index in [2.05, 4.69) is 39.4 Å². The molecular weight excluding hydrogens is 341 g/mol. The Morgan fingerprint density at radius 2 is 1.63 bits per heavy atom. The van der Waals surface area contributed by atoms with E-state index in [-0.39, 0.29) is 17.3 Å². The third kappa shape index (κ3) is 4.14. The molecule has 4 rings (SSSR count). The van der Waals surface area contributed by atoms with Gasteiger partial charge in [0.05, 0.1) is 5.54 Å². The van der Waals surface area contributed by atoms with Gasteiger partial charge in [0.25, 0.3) is 0 Å². The zero-order chi connectivity index (χ0) is 18.9. The number of rotatable bonds is 5. The number of carbonyl (C=O) groups excluding carboxylic acids is 1. The lowest BCUT2D eigenvalue weighted by Gasteiger charge is -2.36. The Bertz CT molecular complexity index is 791. The Hall–Kier alpha value is -2.40. The predicted molar refractivity (Wildman–Crippen MR) is 105 cm³/mol. The molecule has 2 fully saturated rings. The third-order valence-corrected chi connectivity index (χ3v) is 5.64. The normalized spacial score (nSPS) is 19.0. The van der Waals surface area contributed by atoms with Crippen LogP contribution in [0.4, 0.5) is 10.1 Å². The summed E-state index contributed by atoms with van der Waals surface area (Å²) in [5, 5.41) is 3.09. The van der Waals surface area contributed by atoms with Crippen LogP contribution in [-0.2, 0) is 16.9 Å². The second kappa shape index (κ2) is 7.31. The minimum atomic E-state index is -0.188. The first-order valence-corrected chi connectivity index (χ1v) is 9.65. The second-order valence-corrected chi connectivity index (χ2v) is 7.70. The molecule has 4 nitrogen and oxygen atoms in total. The fourth-order valence-corrected chi connectivity index (χ4v) is 3.95. The van der Waals surface area contributed by atoms with E-state index in [4.69, 9.17) is 0 Å². The highest BCUT2D eigenvalue weighted by atomic mass is 19.1. The van der Waals surface area contributed by atoms with Gasteiger partial charge in [-0.25, -0.2) is 4.39 Å². The first-order chi connectivity index (χ1) is 13.0. The average Bonchev–Trinajstić information content (AvgIpc) is 3.43. The van der Waals surface area contributed by atoms with Crippen molar-refractivity contribution in [3.63, 3.8) is 0 Å². The molecule has 0 atom stereocenters. The van der Waals surface area contributed by atoms with Crippen molar-refractivity contribution in [3.05, 3.63) is 65.5 Å². The molecule has 1 amide bonds. The van der Waals surface area contributed by atoms with Crippen LogP contribution in [0.15, 0.2) is 48.5 Å². The molecule has 0 spiro atoms. The summed E-state index contributed by atoms with van der Waals surface area (Å²) in [6.45, 7) is 6.42. The van der Waals surface area contributed by atoms with Crippen molar-refractivity contribution in [1.29, 1.82) is 0 Å². The molecule has 1 aliphatic carbocycles. The van der Waals surface area contributed by atoms with Gasteiger partial charge in [0, 0.05) is 45.3 Å². The van der Waals surface area contributed by atoms with Gasteiger partial charge >= 0.3 is 0 Å². The molecule has 5 heteroatoms. The quantitative estimate of drug-likeness (QED) is 0.881. The van der Waals surface area contributed by atoms with Gasteiger partial charge in [0.15, 0.2) is 0 Å². The summed E-state index contributed by atoms with van der Waals surface area (Å²) in [5.74, 6) is -0.150. The van der Waals surface area contributed by atoms with Gasteiger partial charge in [-0.05, 0) is 48.2 Å². The maximum absolute atomic E-state index is 13.1. The number of nitrogens with zero attached hydrogens (tertiary/aromatic N) is 2. The minimum Gasteiger partial charge on any atom is -0.369 e. The molecule has 2 aromatic carbocycles. The Labute approximate surface area is 160 Å². The van der Waals surface area contributed by atoms with Crippen molar-refractivity contribution in [2.45, 2.75) is 31.8 Å². The second-order valence-electron chi connectivity index (χ2n) is 7.70. The molecule has 142 valence electrons. The predicted octanol–water partition coefficient (Wildman–Crippen LogP) is 3.27. The summed E-state index contributed by atoms with van der Waals surface area (Å²) >= 11 is 0. The van der Waals surface area contributed by atoms with E-state index < -0.39 is 0 Å². The lowest BCUT2D eigenvalue weighted by molar-refractivity contribution is -0.120. The van der Waals surface area contributed by atoms with E-state index in [1.807, 2.05) is 12.1 Å². The smallest absolute Gasteiger partial charge is 0.217 e. The van der Waals surface area contributed by atoms with Crippen LogP contribution in [0.25, 0.3) is 0 Å².